The molecule has 2 heteroatoms. The highest BCUT2D eigenvalue weighted by Crippen LogP contribution is 2.14. The van der Waals surface area contributed by atoms with E-state index in [0.717, 1.165) is 0 Å². The Bertz CT molecular complexity index is 170. The predicted molar refractivity (Wildman–Crippen MR) is 45.6 cm³/mol. The van der Waals surface area contributed by atoms with Crippen LogP contribution in [0.3, 0.4) is 0 Å². The Labute approximate surface area is 58.5 Å². The fourth-order valence-corrected chi connectivity index (χ4v) is 1.30. The van der Waals surface area contributed by atoms with Crippen molar-refractivity contribution in [1.29, 1.82) is 0 Å². The van der Waals surface area contributed by atoms with Crippen LogP contribution < -0.4 is 0 Å². The van der Waals surface area contributed by atoms with Crippen molar-refractivity contribution in [1.82, 2.24) is 0 Å². The SMILES string of the molecule is C=S(=O)(CC)C(C)(C)C. The van der Waals surface area contributed by atoms with Gasteiger partial charge in [0.05, 0.1) is 0 Å². The van der Waals surface area contributed by atoms with Gasteiger partial charge in [0.1, 0.15) is 0 Å². The highest BCUT2D eigenvalue weighted by atomic mass is 32.2. The van der Waals surface area contributed by atoms with E-state index in [2.05, 4.69) is 5.87 Å². The van der Waals surface area contributed by atoms with Crippen LogP contribution >= 0.6 is 0 Å². The van der Waals surface area contributed by atoms with E-state index < -0.39 is 9.52 Å². The van der Waals surface area contributed by atoms with Gasteiger partial charge in [0.2, 0.25) is 0 Å². The summed E-state index contributed by atoms with van der Waals surface area (Å²) >= 11 is 0. The maximum atomic E-state index is 11.5. The monoisotopic (exact) mass is 148 g/mol. The molecule has 0 amide bonds. The van der Waals surface area contributed by atoms with Gasteiger partial charge >= 0.3 is 0 Å². The zero-order chi connectivity index (χ0) is 7.71. The molecule has 1 nitrogen and oxygen atoms in total. The smallest absolute Gasteiger partial charge is 0.0299 e. The zero-order valence-electron chi connectivity index (χ0n) is 6.73. The minimum Gasteiger partial charge on any atom is -0.267 e. The molecule has 0 radical (unpaired) electrons. The number of rotatable bonds is 1. The van der Waals surface area contributed by atoms with Crippen molar-refractivity contribution >= 4 is 15.4 Å². The summed E-state index contributed by atoms with van der Waals surface area (Å²) in [6.45, 7) is 7.81. The molecule has 0 fully saturated rings. The number of hydrogen-bond acceptors (Lipinski definition) is 1. The molecule has 0 aliphatic carbocycles. The topological polar surface area (TPSA) is 17.1 Å². The summed E-state index contributed by atoms with van der Waals surface area (Å²) in [7, 11) is -1.84. The lowest BCUT2D eigenvalue weighted by Gasteiger charge is -2.22. The highest BCUT2D eigenvalue weighted by Gasteiger charge is 2.20. The first-order valence-electron chi connectivity index (χ1n) is 3.16. The predicted octanol–water partition coefficient (Wildman–Crippen LogP) is 1.52. The lowest BCUT2D eigenvalue weighted by molar-refractivity contribution is 0.647. The summed E-state index contributed by atoms with van der Waals surface area (Å²) in [4.78, 5) is 0. The first kappa shape index (κ1) is 9.02. The lowest BCUT2D eigenvalue weighted by atomic mass is 10.3. The average molecular weight is 148 g/mol. The van der Waals surface area contributed by atoms with E-state index >= 15 is 0 Å². The van der Waals surface area contributed by atoms with Gasteiger partial charge in [-0.1, -0.05) is 6.92 Å². The molecule has 0 aliphatic rings. The van der Waals surface area contributed by atoms with Crippen molar-refractivity contribution in [2.24, 2.45) is 0 Å². The van der Waals surface area contributed by atoms with E-state index in [1.54, 1.807) is 0 Å². The fraction of sp³-hybridized carbons (Fsp3) is 0.857. The van der Waals surface area contributed by atoms with Gasteiger partial charge in [-0.3, -0.25) is 4.21 Å². The average Bonchev–Trinajstić information content (AvgIpc) is 1.64. The van der Waals surface area contributed by atoms with Crippen LogP contribution in [-0.4, -0.2) is 20.6 Å². The van der Waals surface area contributed by atoms with Crippen molar-refractivity contribution in [3.05, 3.63) is 0 Å². The molecule has 0 rings (SSSR count). The Morgan fingerprint density at radius 3 is 1.78 bits per heavy atom. The summed E-state index contributed by atoms with van der Waals surface area (Å²) in [6.07, 6.45) is 0. The third kappa shape index (κ3) is 2.01. The maximum absolute atomic E-state index is 11.5. The minimum atomic E-state index is -1.84. The van der Waals surface area contributed by atoms with Crippen molar-refractivity contribution in [2.45, 2.75) is 32.4 Å². The Hall–Kier alpha value is 0.0200. The molecule has 0 bridgehead atoms. The summed E-state index contributed by atoms with van der Waals surface area (Å²) in [5.41, 5.74) is 0. The van der Waals surface area contributed by atoms with Gasteiger partial charge in [-0.05, 0) is 36.2 Å². The van der Waals surface area contributed by atoms with Crippen LogP contribution in [0.15, 0.2) is 0 Å². The molecular formula is C7H16OS. The molecule has 0 aromatic carbocycles. The Morgan fingerprint density at radius 1 is 1.44 bits per heavy atom. The van der Waals surface area contributed by atoms with Gasteiger partial charge in [0.15, 0.2) is 0 Å². The van der Waals surface area contributed by atoms with E-state index in [4.69, 9.17) is 0 Å². The standard InChI is InChI=1S/C7H16OS/c1-6-9(5,8)7(2,3)4/h5-6H2,1-4H3. The normalized spacial score (nSPS) is 19.1. The minimum absolute atomic E-state index is 0.137. The molecule has 56 valence electrons. The van der Waals surface area contributed by atoms with Gasteiger partial charge in [0, 0.05) is 10.5 Å². The van der Waals surface area contributed by atoms with Crippen LogP contribution in [0.2, 0.25) is 0 Å². The van der Waals surface area contributed by atoms with Gasteiger partial charge in [-0.2, -0.15) is 0 Å². The van der Waals surface area contributed by atoms with Gasteiger partial charge in [-0.25, -0.2) is 0 Å². The van der Waals surface area contributed by atoms with Crippen molar-refractivity contribution < 1.29 is 4.21 Å². The van der Waals surface area contributed by atoms with Gasteiger partial charge in [-0.15, -0.1) is 0 Å². The summed E-state index contributed by atoms with van der Waals surface area (Å²) in [5, 5.41) is 0. The van der Waals surface area contributed by atoms with E-state index in [0.29, 0.717) is 5.75 Å². The van der Waals surface area contributed by atoms with E-state index in [1.807, 2.05) is 27.7 Å². The second-order valence-corrected chi connectivity index (χ2v) is 6.64. The van der Waals surface area contributed by atoms with Gasteiger partial charge in [0.25, 0.3) is 0 Å². The molecule has 0 aromatic rings. The van der Waals surface area contributed by atoms with Crippen molar-refractivity contribution in [3.63, 3.8) is 0 Å². The van der Waals surface area contributed by atoms with Crippen LogP contribution in [0.1, 0.15) is 27.7 Å². The molecule has 9 heavy (non-hydrogen) atoms. The van der Waals surface area contributed by atoms with E-state index in [9.17, 15) is 4.21 Å². The third-order valence-corrected chi connectivity index (χ3v) is 4.75. The molecule has 0 aliphatic heterocycles. The lowest BCUT2D eigenvalue weighted by Crippen LogP contribution is -2.29. The maximum Gasteiger partial charge on any atom is 0.0299 e. The molecule has 0 spiro atoms. The quantitative estimate of drug-likeness (QED) is 0.515. The Balaban J connectivity index is 4.57. The summed E-state index contributed by atoms with van der Waals surface area (Å²) in [6, 6.07) is 0. The molecule has 0 saturated carbocycles. The molecule has 0 heterocycles. The van der Waals surface area contributed by atoms with Crippen molar-refractivity contribution in [2.75, 3.05) is 5.75 Å². The summed E-state index contributed by atoms with van der Waals surface area (Å²) < 4.78 is 11.3. The number of hydrogen-bond donors (Lipinski definition) is 0. The first-order valence-corrected chi connectivity index (χ1v) is 5.05. The Morgan fingerprint density at radius 2 is 1.78 bits per heavy atom. The molecule has 1 atom stereocenters. The zero-order valence-corrected chi connectivity index (χ0v) is 7.55. The molecular weight excluding hydrogens is 132 g/mol. The van der Waals surface area contributed by atoms with Crippen LogP contribution in [0.5, 0.6) is 0 Å². The van der Waals surface area contributed by atoms with Crippen LogP contribution in [-0.2, 0) is 9.52 Å². The first-order chi connectivity index (χ1) is 3.81. The highest BCUT2D eigenvalue weighted by molar-refractivity contribution is 8.01. The van der Waals surface area contributed by atoms with Crippen LogP contribution in [0, 0.1) is 0 Å². The van der Waals surface area contributed by atoms with E-state index in [1.165, 1.54) is 0 Å². The second-order valence-electron chi connectivity index (χ2n) is 3.21. The van der Waals surface area contributed by atoms with Crippen molar-refractivity contribution in [3.8, 4) is 0 Å². The third-order valence-electron chi connectivity index (χ3n) is 1.58. The fourth-order valence-electron chi connectivity index (χ4n) is 0.433. The molecule has 1 unspecified atom stereocenters. The Kier molecular flexibility index (Phi) is 2.34. The van der Waals surface area contributed by atoms with E-state index in [-0.39, 0.29) is 4.75 Å². The van der Waals surface area contributed by atoms with Crippen LogP contribution in [0.4, 0.5) is 0 Å². The molecule has 0 aromatic heterocycles. The van der Waals surface area contributed by atoms with Gasteiger partial charge < -0.3 is 0 Å². The second kappa shape index (κ2) is 2.33. The molecule has 0 N–H and O–H groups in total. The van der Waals surface area contributed by atoms with Crippen LogP contribution in [0.25, 0.3) is 0 Å². The largest absolute Gasteiger partial charge is 0.267 e. The molecule has 0 saturated heterocycles. The summed E-state index contributed by atoms with van der Waals surface area (Å²) in [5.74, 6) is 4.36.